The van der Waals surface area contributed by atoms with Crippen LogP contribution in [0.15, 0.2) is 60.7 Å². The molecule has 1 unspecified atom stereocenters. The minimum atomic E-state index is -1.16. The Kier molecular flexibility index (Phi) is 9.96. The number of hydrogen-bond donors (Lipinski definition) is 0. The van der Waals surface area contributed by atoms with Crippen LogP contribution in [0.5, 0.6) is 0 Å². The van der Waals surface area contributed by atoms with E-state index in [1.807, 2.05) is 71.8 Å². The molecule has 1 aliphatic carbocycles. The highest BCUT2D eigenvalue weighted by Gasteiger charge is 2.49. The molecule has 41 heavy (non-hydrogen) atoms. The van der Waals surface area contributed by atoms with Crippen molar-refractivity contribution in [2.24, 2.45) is 11.8 Å². The summed E-state index contributed by atoms with van der Waals surface area (Å²) in [6, 6.07) is 16.0. The van der Waals surface area contributed by atoms with Gasteiger partial charge in [0.05, 0.1) is 5.56 Å². The van der Waals surface area contributed by atoms with Crippen LogP contribution in [-0.2, 0) is 25.2 Å². The van der Waals surface area contributed by atoms with Crippen LogP contribution in [0.3, 0.4) is 0 Å². The minimum Gasteiger partial charge on any atom is -0.460 e. The zero-order valence-corrected chi connectivity index (χ0v) is 27.0. The normalized spacial score (nSPS) is 21.2. The van der Waals surface area contributed by atoms with Gasteiger partial charge in [-0.1, -0.05) is 69.2 Å². The first-order chi connectivity index (χ1) is 19.0. The standard InChI is InChI=1S/C36H51NO4/c1-24(2)23-36(37(10)11,30-22-27(19-18-26(30)4)32(38)41-34(5,6)7)33(39)40-31-21-25(3)17-20-29(31)35(8,9)28-15-13-12-14-16-28/h12-16,18-19,22,25,29,31H,1,17,20-21,23H2,2-11H3/t25-,29-,31+,36?/m1/s1. The van der Waals surface area contributed by atoms with Crippen LogP contribution in [0.1, 0.15) is 101 Å². The third-order valence-corrected chi connectivity index (χ3v) is 8.73. The Labute approximate surface area is 248 Å². The second-order valence-corrected chi connectivity index (χ2v) is 14.0. The monoisotopic (exact) mass is 561 g/mol. The van der Waals surface area contributed by atoms with E-state index in [1.54, 1.807) is 6.07 Å². The molecule has 0 spiro atoms. The molecular formula is C36H51NO4. The molecule has 4 atom stereocenters. The summed E-state index contributed by atoms with van der Waals surface area (Å²) >= 11 is 0. The number of aryl methyl sites for hydroxylation is 1. The molecule has 0 amide bonds. The van der Waals surface area contributed by atoms with Crippen LogP contribution in [0.25, 0.3) is 0 Å². The number of hydrogen-bond acceptors (Lipinski definition) is 5. The molecule has 0 aliphatic heterocycles. The molecular weight excluding hydrogens is 510 g/mol. The molecule has 224 valence electrons. The number of ether oxygens (including phenoxy) is 2. The lowest BCUT2D eigenvalue weighted by Gasteiger charge is -2.46. The predicted molar refractivity (Wildman–Crippen MR) is 167 cm³/mol. The summed E-state index contributed by atoms with van der Waals surface area (Å²) in [5.74, 6) is -0.0875. The van der Waals surface area contributed by atoms with Crippen molar-refractivity contribution in [3.63, 3.8) is 0 Å². The van der Waals surface area contributed by atoms with E-state index in [1.165, 1.54) is 5.56 Å². The van der Waals surface area contributed by atoms with Crippen molar-refractivity contribution >= 4 is 11.9 Å². The maximum absolute atomic E-state index is 14.7. The van der Waals surface area contributed by atoms with Crippen molar-refractivity contribution in [2.45, 2.75) is 104 Å². The third kappa shape index (κ3) is 7.30. The zero-order chi connectivity index (χ0) is 30.8. The van der Waals surface area contributed by atoms with Gasteiger partial charge in [-0.05, 0) is 102 Å². The van der Waals surface area contributed by atoms with Crippen molar-refractivity contribution in [3.8, 4) is 0 Å². The molecule has 0 aromatic heterocycles. The van der Waals surface area contributed by atoms with Crippen LogP contribution in [-0.4, -0.2) is 42.6 Å². The van der Waals surface area contributed by atoms with E-state index >= 15 is 0 Å². The van der Waals surface area contributed by atoms with Gasteiger partial charge in [-0.25, -0.2) is 9.59 Å². The summed E-state index contributed by atoms with van der Waals surface area (Å²) in [5, 5.41) is 0. The van der Waals surface area contributed by atoms with Gasteiger partial charge < -0.3 is 9.47 Å². The van der Waals surface area contributed by atoms with E-state index in [-0.39, 0.29) is 23.4 Å². The summed E-state index contributed by atoms with van der Waals surface area (Å²) in [4.78, 5) is 29.7. The topological polar surface area (TPSA) is 55.8 Å². The lowest BCUT2D eigenvalue weighted by Crippen LogP contribution is -2.53. The van der Waals surface area contributed by atoms with Crippen molar-refractivity contribution in [1.29, 1.82) is 0 Å². The van der Waals surface area contributed by atoms with E-state index in [2.05, 4.69) is 51.6 Å². The molecule has 2 aromatic carbocycles. The Bertz CT molecular complexity index is 1240. The first kappa shape index (κ1) is 32.6. The fourth-order valence-electron chi connectivity index (χ4n) is 6.43. The Morgan fingerprint density at radius 2 is 1.63 bits per heavy atom. The summed E-state index contributed by atoms with van der Waals surface area (Å²) in [5.41, 5.74) is 2.21. The van der Waals surface area contributed by atoms with E-state index < -0.39 is 17.1 Å². The van der Waals surface area contributed by atoms with Crippen LogP contribution in [0, 0.1) is 18.8 Å². The van der Waals surface area contributed by atoms with Gasteiger partial charge in [-0.15, -0.1) is 6.58 Å². The average Bonchev–Trinajstić information content (AvgIpc) is 2.86. The molecule has 0 saturated heterocycles. The third-order valence-electron chi connectivity index (χ3n) is 8.73. The summed E-state index contributed by atoms with van der Waals surface area (Å²) < 4.78 is 12.3. The summed E-state index contributed by atoms with van der Waals surface area (Å²) in [6.45, 7) is 20.4. The fourth-order valence-corrected chi connectivity index (χ4v) is 6.43. The van der Waals surface area contributed by atoms with Gasteiger partial charge in [0.15, 0.2) is 0 Å². The van der Waals surface area contributed by atoms with Gasteiger partial charge in [-0.2, -0.15) is 0 Å². The number of nitrogens with zero attached hydrogens (tertiary/aromatic N) is 1. The van der Waals surface area contributed by atoms with Crippen LogP contribution in [0.4, 0.5) is 0 Å². The molecule has 3 rings (SSSR count). The van der Waals surface area contributed by atoms with Gasteiger partial charge in [0.1, 0.15) is 17.2 Å². The number of likely N-dealkylation sites (N-methyl/N-ethyl adjacent to an activating group) is 1. The number of rotatable bonds is 9. The molecule has 5 nitrogen and oxygen atoms in total. The molecule has 0 bridgehead atoms. The van der Waals surface area contributed by atoms with E-state index in [4.69, 9.17) is 9.47 Å². The largest absolute Gasteiger partial charge is 0.460 e. The minimum absolute atomic E-state index is 0.170. The predicted octanol–water partition coefficient (Wildman–Crippen LogP) is 8.00. The zero-order valence-electron chi connectivity index (χ0n) is 27.0. The highest BCUT2D eigenvalue weighted by atomic mass is 16.6. The summed E-state index contributed by atoms with van der Waals surface area (Å²) in [6.07, 6.45) is 3.05. The second kappa shape index (κ2) is 12.5. The van der Waals surface area contributed by atoms with Gasteiger partial charge in [0, 0.05) is 12.3 Å². The Morgan fingerprint density at radius 1 is 1.00 bits per heavy atom. The number of esters is 2. The van der Waals surface area contributed by atoms with Gasteiger partial charge in [-0.3, -0.25) is 4.90 Å². The SMILES string of the molecule is C=C(C)CC(C(=O)O[C@H]1C[C@H](C)CC[C@H]1C(C)(C)c1ccccc1)(c1cc(C(=O)OC(C)(C)C)ccc1C)N(C)C. The molecule has 1 saturated carbocycles. The molecule has 1 aliphatic rings. The number of carbonyl (C=O) groups is 2. The van der Waals surface area contributed by atoms with Crippen LogP contribution >= 0.6 is 0 Å². The smallest absolute Gasteiger partial charge is 0.338 e. The quantitative estimate of drug-likeness (QED) is 0.229. The molecule has 0 radical (unpaired) electrons. The number of carbonyl (C=O) groups excluding carboxylic acids is 2. The molecule has 2 aromatic rings. The van der Waals surface area contributed by atoms with E-state index in [0.29, 0.717) is 17.9 Å². The van der Waals surface area contributed by atoms with E-state index in [9.17, 15) is 9.59 Å². The molecule has 0 heterocycles. The first-order valence-corrected chi connectivity index (χ1v) is 14.9. The summed E-state index contributed by atoms with van der Waals surface area (Å²) in [7, 11) is 3.80. The van der Waals surface area contributed by atoms with Crippen molar-refractivity contribution in [2.75, 3.05) is 14.1 Å². The van der Waals surface area contributed by atoms with Crippen molar-refractivity contribution < 1.29 is 19.1 Å². The second-order valence-electron chi connectivity index (χ2n) is 14.0. The van der Waals surface area contributed by atoms with E-state index in [0.717, 1.165) is 36.0 Å². The Balaban J connectivity index is 2.09. The van der Waals surface area contributed by atoms with Crippen molar-refractivity contribution in [3.05, 3.63) is 82.9 Å². The molecule has 5 heteroatoms. The number of benzene rings is 2. The molecule has 0 N–H and O–H groups in total. The highest BCUT2D eigenvalue weighted by molar-refractivity contribution is 5.91. The Morgan fingerprint density at radius 3 is 2.20 bits per heavy atom. The fraction of sp³-hybridized carbons (Fsp3) is 0.556. The lowest BCUT2D eigenvalue weighted by molar-refractivity contribution is -0.171. The van der Waals surface area contributed by atoms with Gasteiger partial charge >= 0.3 is 11.9 Å². The van der Waals surface area contributed by atoms with Crippen LogP contribution < -0.4 is 0 Å². The van der Waals surface area contributed by atoms with Crippen molar-refractivity contribution in [1.82, 2.24) is 4.90 Å². The Hall–Kier alpha value is -2.92. The highest BCUT2D eigenvalue weighted by Crippen LogP contribution is 2.45. The average molecular weight is 562 g/mol. The van der Waals surface area contributed by atoms with Gasteiger partial charge in [0.25, 0.3) is 0 Å². The molecule has 1 fully saturated rings. The van der Waals surface area contributed by atoms with Crippen LogP contribution in [0.2, 0.25) is 0 Å². The lowest BCUT2D eigenvalue weighted by atomic mass is 9.64. The van der Waals surface area contributed by atoms with Gasteiger partial charge in [0.2, 0.25) is 0 Å². The maximum atomic E-state index is 14.7. The maximum Gasteiger partial charge on any atom is 0.338 e. The first-order valence-electron chi connectivity index (χ1n) is 14.9.